The molecule has 0 atom stereocenters. The Morgan fingerprint density at radius 1 is 1.00 bits per heavy atom. The van der Waals surface area contributed by atoms with Gasteiger partial charge >= 0.3 is 0 Å². The minimum atomic E-state index is 0.440. The largest absolute Gasteiger partial charge is 0.342 e. The first-order valence-electron chi connectivity index (χ1n) is 7.56. The van der Waals surface area contributed by atoms with Crippen molar-refractivity contribution < 1.29 is 0 Å². The van der Waals surface area contributed by atoms with Gasteiger partial charge in [0.25, 0.3) is 0 Å². The van der Waals surface area contributed by atoms with E-state index in [1.165, 1.54) is 21.9 Å². The fourth-order valence-corrected chi connectivity index (χ4v) is 3.19. The minimum absolute atomic E-state index is 0.440. The lowest BCUT2D eigenvalue weighted by Gasteiger charge is -2.05. The molecule has 110 valence electrons. The number of aryl methyl sites for hydroxylation is 1. The fourth-order valence-electron chi connectivity index (χ4n) is 3.19. The average molecular weight is 297 g/mol. The van der Waals surface area contributed by atoms with Crippen molar-refractivity contribution in [1.29, 1.82) is 5.26 Å². The molecule has 3 heteroatoms. The summed E-state index contributed by atoms with van der Waals surface area (Å²) in [5.74, 6) is 0. The topological polar surface area (TPSA) is 41.6 Å². The maximum absolute atomic E-state index is 8.88. The number of nitrogens with zero attached hydrogens (tertiary/aromatic N) is 3. The van der Waals surface area contributed by atoms with E-state index < -0.39 is 0 Å². The van der Waals surface area contributed by atoms with Crippen LogP contribution in [0.5, 0.6) is 0 Å². The molecule has 4 aromatic rings. The third-order valence-electron chi connectivity index (χ3n) is 4.35. The Kier molecular flexibility index (Phi) is 3.09. The minimum Gasteiger partial charge on any atom is -0.342 e. The van der Waals surface area contributed by atoms with Gasteiger partial charge in [0.05, 0.1) is 24.2 Å². The molecule has 0 aliphatic heterocycles. The highest BCUT2D eigenvalue weighted by atomic mass is 14.9. The lowest BCUT2D eigenvalue weighted by molar-refractivity contribution is 1.01. The fraction of sp³-hybridized carbons (Fsp3) is 0.100. The van der Waals surface area contributed by atoms with Crippen molar-refractivity contribution in [2.45, 2.75) is 6.42 Å². The maximum Gasteiger partial charge on any atom is 0.0675 e. The van der Waals surface area contributed by atoms with Gasteiger partial charge in [0, 0.05) is 29.5 Å². The summed E-state index contributed by atoms with van der Waals surface area (Å²) in [5, 5.41) is 11.3. The van der Waals surface area contributed by atoms with Crippen LogP contribution in [0.3, 0.4) is 0 Å². The summed E-state index contributed by atoms with van der Waals surface area (Å²) < 4.78 is 2.17. The molecule has 0 spiro atoms. The van der Waals surface area contributed by atoms with Gasteiger partial charge in [-0.15, -0.1) is 0 Å². The van der Waals surface area contributed by atoms with Gasteiger partial charge in [0.1, 0.15) is 0 Å². The van der Waals surface area contributed by atoms with E-state index in [1.54, 1.807) is 0 Å². The molecule has 2 aromatic carbocycles. The number of hydrogen-bond donors (Lipinski definition) is 0. The molecule has 0 amide bonds. The number of fused-ring (bicyclic) bond motifs is 3. The molecule has 0 unspecified atom stereocenters. The number of aromatic nitrogens is 2. The van der Waals surface area contributed by atoms with Crippen molar-refractivity contribution in [3.05, 3.63) is 66.5 Å². The van der Waals surface area contributed by atoms with Crippen molar-refractivity contribution in [3.63, 3.8) is 0 Å². The second-order valence-electron chi connectivity index (χ2n) is 5.72. The van der Waals surface area contributed by atoms with Gasteiger partial charge in [-0.2, -0.15) is 5.26 Å². The second-order valence-corrected chi connectivity index (χ2v) is 5.72. The summed E-state index contributed by atoms with van der Waals surface area (Å²) in [7, 11) is 2.07. The highest BCUT2D eigenvalue weighted by Crippen LogP contribution is 2.31. The third-order valence-corrected chi connectivity index (χ3v) is 4.35. The summed E-state index contributed by atoms with van der Waals surface area (Å²) in [5.41, 5.74) is 5.70. The molecule has 2 heterocycles. The molecule has 0 fully saturated rings. The monoisotopic (exact) mass is 297 g/mol. The van der Waals surface area contributed by atoms with Gasteiger partial charge in [0.15, 0.2) is 0 Å². The molecule has 0 aliphatic rings. The number of rotatable bonds is 2. The predicted molar refractivity (Wildman–Crippen MR) is 93.0 cm³/mol. The molecule has 3 nitrogen and oxygen atoms in total. The smallest absolute Gasteiger partial charge is 0.0675 e. The second kappa shape index (κ2) is 5.26. The van der Waals surface area contributed by atoms with E-state index in [0.717, 1.165) is 16.6 Å². The van der Waals surface area contributed by atoms with Gasteiger partial charge in [-0.3, -0.25) is 4.98 Å². The number of nitriles is 1. The molecule has 4 rings (SSSR count). The molecule has 0 radical (unpaired) electrons. The van der Waals surface area contributed by atoms with Crippen molar-refractivity contribution in [2.24, 2.45) is 7.05 Å². The first kappa shape index (κ1) is 13.5. The van der Waals surface area contributed by atoms with Gasteiger partial charge in [-0.05, 0) is 34.9 Å². The van der Waals surface area contributed by atoms with Gasteiger partial charge in [-0.1, -0.05) is 30.3 Å². The molecule has 0 saturated heterocycles. The number of pyridine rings is 1. The normalized spacial score (nSPS) is 11.0. The van der Waals surface area contributed by atoms with Crippen LogP contribution in [-0.4, -0.2) is 9.55 Å². The van der Waals surface area contributed by atoms with E-state index in [2.05, 4.69) is 59.1 Å². The van der Waals surface area contributed by atoms with Gasteiger partial charge in [-0.25, -0.2) is 0 Å². The van der Waals surface area contributed by atoms with E-state index in [0.29, 0.717) is 6.42 Å². The van der Waals surface area contributed by atoms with Crippen LogP contribution >= 0.6 is 0 Å². The van der Waals surface area contributed by atoms with E-state index in [9.17, 15) is 0 Å². The van der Waals surface area contributed by atoms with Crippen LogP contribution in [0.4, 0.5) is 0 Å². The predicted octanol–water partition coefficient (Wildman–Crippen LogP) is 4.46. The first-order valence-corrected chi connectivity index (χ1v) is 7.56. The molecule has 23 heavy (non-hydrogen) atoms. The third kappa shape index (κ3) is 2.16. The summed E-state index contributed by atoms with van der Waals surface area (Å²) in [4.78, 5) is 4.23. The van der Waals surface area contributed by atoms with Crippen LogP contribution in [0.2, 0.25) is 0 Å². The van der Waals surface area contributed by atoms with Gasteiger partial charge < -0.3 is 4.57 Å². The number of hydrogen-bond acceptors (Lipinski definition) is 2. The van der Waals surface area contributed by atoms with Crippen molar-refractivity contribution >= 4 is 21.8 Å². The van der Waals surface area contributed by atoms with Crippen LogP contribution < -0.4 is 0 Å². The Morgan fingerprint density at radius 3 is 2.74 bits per heavy atom. The molecule has 0 bridgehead atoms. The lowest BCUT2D eigenvalue weighted by atomic mass is 10.0. The SMILES string of the molecule is Cn1c2ccc(-c3cccc(CC#N)c3)cc2c2ccncc21. The van der Waals surface area contributed by atoms with E-state index in [-0.39, 0.29) is 0 Å². The summed E-state index contributed by atoms with van der Waals surface area (Å²) in [6, 6.07) is 19.0. The Balaban J connectivity index is 1.94. The zero-order valence-electron chi connectivity index (χ0n) is 12.8. The molecular weight excluding hydrogens is 282 g/mol. The summed E-state index contributed by atoms with van der Waals surface area (Å²) in [6.45, 7) is 0. The quantitative estimate of drug-likeness (QED) is 0.548. The van der Waals surface area contributed by atoms with E-state index in [4.69, 9.17) is 5.26 Å². The zero-order chi connectivity index (χ0) is 15.8. The number of benzene rings is 2. The Hall–Kier alpha value is -3.12. The molecule has 0 aliphatic carbocycles. The molecule has 2 aromatic heterocycles. The molecule has 0 N–H and O–H groups in total. The maximum atomic E-state index is 8.88. The van der Waals surface area contributed by atoms with Crippen LogP contribution in [0.15, 0.2) is 60.9 Å². The van der Waals surface area contributed by atoms with Crippen LogP contribution in [-0.2, 0) is 13.5 Å². The standard InChI is InChI=1S/C20H15N3/c1-23-19-6-5-16(15-4-2-3-14(11-15)7-9-21)12-18(19)17-8-10-22-13-20(17)23/h2-6,8,10-13H,7H2,1H3. The zero-order valence-corrected chi connectivity index (χ0v) is 12.8. The van der Waals surface area contributed by atoms with E-state index >= 15 is 0 Å². The van der Waals surface area contributed by atoms with Gasteiger partial charge in [0.2, 0.25) is 0 Å². The average Bonchev–Trinajstić information content (AvgIpc) is 2.88. The van der Waals surface area contributed by atoms with Crippen LogP contribution in [0.1, 0.15) is 5.56 Å². The van der Waals surface area contributed by atoms with Crippen molar-refractivity contribution in [2.75, 3.05) is 0 Å². The van der Waals surface area contributed by atoms with Crippen molar-refractivity contribution in [1.82, 2.24) is 9.55 Å². The highest BCUT2D eigenvalue weighted by Gasteiger charge is 2.09. The van der Waals surface area contributed by atoms with E-state index in [1.807, 2.05) is 24.5 Å². The Bertz CT molecular complexity index is 1070. The Labute approximate surface area is 134 Å². The first-order chi connectivity index (χ1) is 11.3. The molecular formula is C20H15N3. The highest BCUT2D eigenvalue weighted by molar-refractivity contribution is 6.08. The summed E-state index contributed by atoms with van der Waals surface area (Å²) in [6.07, 6.45) is 4.18. The van der Waals surface area contributed by atoms with Crippen molar-refractivity contribution in [3.8, 4) is 17.2 Å². The van der Waals surface area contributed by atoms with Crippen LogP contribution in [0, 0.1) is 11.3 Å². The summed E-state index contributed by atoms with van der Waals surface area (Å²) >= 11 is 0. The molecule has 0 saturated carbocycles. The Morgan fingerprint density at radius 2 is 1.87 bits per heavy atom. The lowest BCUT2D eigenvalue weighted by Crippen LogP contribution is -1.87. The van der Waals surface area contributed by atoms with Crippen LogP contribution in [0.25, 0.3) is 32.9 Å².